The number of amides is 1. The van der Waals surface area contributed by atoms with Gasteiger partial charge in [-0.1, -0.05) is 6.42 Å². The van der Waals surface area contributed by atoms with Crippen molar-refractivity contribution in [3.8, 4) is 0 Å². The Labute approximate surface area is 129 Å². The van der Waals surface area contributed by atoms with E-state index in [9.17, 15) is 4.79 Å². The summed E-state index contributed by atoms with van der Waals surface area (Å²) in [5, 5.41) is 6.46. The van der Waals surface area contributed by atoms with Crippen LogP contribution in [0.5, 0.6) is 0 Å². The second-order valence-corrected chi connectivity index (χ2v) is 6.59. The topological polar surface area (TPSA) is 41.1 Å². The van der Waals surface area contributed by atoms with Gasteiger partial charge in [0, 0.05) is 20.6 Å². The molecule has 1 aliphatic heterocycles. The monoisotopic (exact) mass is 422 g/mol. The highest BCUT2D eigenvalue weighted by Gasteiger charge is 2.17. The van der Waals surface area contributed by atoms with Crippen molar-refractivity contribution in [2.75, 3.05) is 13.1 Å². The van der Waals surface area contributed by atoms with Crippen molar-refractivity contribution in [2.24, 2.45) is 0 Å². The van der Waals surface area contributed by atoms with Crippen molar-refractivity contribution in [1.29, 1.82) is 0 Å². The average Bonchev–Trinajstić information content (AvgIpc) is 2.61. The minimum atomic E-state index is 0.00842. The van der Waals surface area contributed by atoms with Gasteiger partial charge in [0.2, 0.25) is 0 Å². The third-order valence-electron chi connectivity index (χ3n) is 3.06. The second-order valence-electron chi connectivity index (χ2n) is 4.49. The van der Waals surface area contributed by atoms with Crippen LogP contribution in [0.15, 0.2) is 22.7 Å². The number of nitrogens with one attached hydrogen (secondary N) is 2. The molecule has 98 valence electrons. The SMILES string of the molecule is O=C(NC1CCCCNC1)c1cc(I)ccc1Br. The van der Waals surface area contributed by atoms with Crippen molar-refractivity contribution in [3.05, 3.63) is 31.8 Å². The van der Waals surface area contributed by atoms with Crippen LogP contribution in [0, 0.1) is 3.57 Å². The Kier molecular flexibility index (Phi) is 5.44. The smallest absolute Gasteiger partial charge is 0.252 e. The zero-order valence-electron chi connectivity index (χ0n) is 10.0. The molecular formula is C13H16BrIN2O. The number of carbonyl (C=O) groups is 1. The highest BCUT2D eigenvalue weighted by molar-refractivity contribution is 14.1. The lowest BCUT2D eigenvalue weighted by atomic mass is 10.1. The molecule has 1 atom stereocenters. The maximum absolute atomic E-state index is 12.2. The van der Waals surface area contributed by atoms with E-state index in [2.05, 4.69) is 49.2 Å². The zero-order valence-corrected chi connectivity index (χ0v) is 13.8. The van der Waals surface area contributed by atoms with Crippen LogP contribution in [0.2, 0.25) is 0 Å². The Hall–Kier alpha value is -0.140. The molecule has 0 spiro atoms. The maximum Gasteiger partial charge on any atom is 0.252 e. The van der Waals surface area contributed by atoms with Gasteiger partial charge in [0.15, 0.2) is 0 Å². The summed E-state index contributed by atoms with van der Waals surface area (Å²) in [6, 6.07) is 6.05. The lowest BCUT2D eigenvalue weighted by Gasteiger charge is -2.17. The number of rotatable bonds is 2. The van der Waals surface area contributed by atoms with Gasteiger partial charge in [-0.05, 0) is 76.1 Å². The van der Waals surface area contributed by atoms with Crippen LogP contribution in [-0.2, 0) is 0 Å². The summed E-state index contributed by atoms with van der Waals surface area (Å²) in [6.45, 7) is 1.92. The molecule has 1 fully saturated rings. The number of hydrogen-bond acceptors (Lipinski definition) is 2. The van der Waals surface area contributed by atoms with E-state index in [1.54, 1.807) is 0 Å². The highest BCUT2D eigenvalue weighted by atomic mass is 127. The van der Waals surface area contributed by atoms with E-state index in [1.165, 1.54) is 12.8 Å². The zero-order chi connectivity index (χ0) is 13.0. The second kappa shape index (κ2) is 6.86. The third-order valence-corrected chi connectivity index (χ3v) is 4.42. The first-order valence-corrected chi connectivity index (χ1v) is 8.00. The fourth-order valence-corrected chi connectivity index (χ4v) is 2.99. The van der Waals surface area contributed by atoms with Crippen LogP contribution in [-0.4, -0.2) is 25.0 Å². The van der Waals surface area contributed by atoms with E-state index in [0.29, 0.717) is 5.56 Å². The summed E-state index contributed by atoms with van der Waals surface area (Å²) in [6.07, 6.45) is 3.42. The highest BCUT2D eigenvalue weighted by Crippen LogP contribution is 2.19. The van der Waals surface area contributed by atoms with Crippen LogP contribution in [0.4, 0.5) is 0 Å². The van der Waals surface area contributed by atoms with Crippen molar-refractivity contribution >= 4 is 44.4 Å². The number of halogens is 2. The van der Waals surface area contributed by atoms with Gasteiger partial charge in [-0.15, -0.1) is 0 Å². The molecule has 1 unspecified atom stereocenters. The minimum absolute atomic E-state index is 0.00842. The fourth-order valence-electron chi connectivity index (χ4n) is 2.08. The first-order chi connectivity index (χ1) is 8.66. The molecule has 0 aromatic heterocycles. The maximum atomic E-state index is 12.2. The first kappa shape index (κ1) is 14.3. The van der Waals surface area contributed by atoms with E-state index in [4.69, 9.17) is 0 Å². The molecule has 1 amide bonds. The normalized spacial score (nSPS) is 20.2. The molecule has 18 heavy (non-hydrogen) atoms. The summed E-state index contributed by atoms with van der Waals surface area (Å²) in [4.78, 5) is 12.2. The van der Waals surface area contributed by atoms with E-state index in [-0.39, 0.29) is 11.9 Å². The Balaban J connectivity index is 2.04. The van der Waals surface area contributed by atoms with Gasteiger partial charge in [-0.3, -0.25) is 4.79 Å². The van der Waals surface area contributed by atoms with Crippen molar-refractivity contribution in [1.82, 2.24) is 10.6 Å². The average molecular weight is 423 g/mol. The van der Waals surface area contributed by atoms with Gasteiger partial charge in [0.25, 0.3) is 5.91 Å². The molecule has 0 bridgehead atoms. The Bertz CT molecular complexity index is 431. The van der Waals surface area contributed by atoms with Gasteiger partial charge in [-0.2, -0.15) is 0 Å². The predicted molar refractivity (Wildman–Crippen MR) is 84.8 cm³/mol. The van der Waals surface area contributed by atoms with E-state index in [1.807, 2.05) is 18.2 Å². The number of hydrogen-bond donors (Lipinski definition) is 2. The van der Waals surface area contributed by atoms with Gasteiger partial charge < -0.3 is 10.6 Å². The predicted octanol–water partition coefficient (Wildman–Crippen LogP) is 2.93. The molecule has 0 aliphatic carbocycles. The molecule has 1 aliphatic rings. The summed E-state index contributed by atoms with van der Waals surface area (Å²) < 4.78 is 1.92. The standard InChI is InChI=1S/C13H16BrIN2O/c14-12-5-4-9(15)7-11(12)13(18)17-10-3-1-2-6-16-8-10/h4-5,7,10,16H,1-3,6,8H2,(H,17,18). The minimum Gasteiger partial charge on any atom is -0.348 e. The lowest BCUT2D eigenvalue weighted by molar-refractivity contribution is 0.0934. The number of benzene rings is 1. The van der Waals surface area contributed by atoms with Crippen LogP contribution in [0.1, 0.15) is 29.6 Å². The summed E-state index contributed by atoms with van der Waals surface area (Å²) in [5.41, 5.74) is 0.714. The summed E-state index contributed by atoms with van der Waals surface area (Å²) >= 11 is 5.65. The largest absolute Gasteiger partial charge is 0.348 e. The van der Waals surface area contributed by atoms with Gasteiger partial charge >= 0.3 is 0 Å². The van der Waals surface area contributed by atoms with Gasteiger partial charge in [0.05, 0.1) is 5.56 Å². The fraction of sp³-hybridized carbons (Fsp3) is 0.462. The van der Waals surface area contributed by atoms with Crippen LogP contribution < -0.4 is 10.6 Å². The molecule has 1 heterocycles. The molecule has 0 radical (unpaired) electrons. The van der Waals surface area contributed by atoms with E-state index >= 15 is 0 Å². The van der Waals surface area contributed by atoms with Crippen LogP contribution >= 0.6 is 38.5 Å². The molecule has 5 heteroatoms. The first-order valence-electron chi connectivity index (χ1n) is 6.13. The van der Waals surface area contributed by atoms with Gasteiger partial charge in [-0.25, -0.2) is 0 Å². The Morgan fingerprint density at radius 3 is 3.11 bits per heavy atom. The van der Waals surface area contributed by atoms with E-state index < -0.39 is 0 Å². The van der Waals surface area contributed by atoms with Crippen LogP contribution in [0.3, 0.4) is 0 Å². The van der Waals surface area contributed by atoms with Crippen molar-refractivity contribution in [2.45, 2.75) is 25.3 Å². The Morgan fingerprint density at radius 2 is 2.28 bits per heavy atom. The Morgan fingerprint density at radius 1 is 1.44 bits per heavy atom. The molecule has 2 N–H and O–H groups in total. The van der Waals surface area contributed by atoms with Crippen molar-refractivity contribution in [3.63, 3.8) is 0 Å². The molecule has 1 saturated heterocycles. The molecular weight excluding hydrogens is 407 g/mol. The van der Waals surface area contributed by atoms with Crippen LogP contribution in [0.25, 0.3) is 0 Å². The lowest BCUT2D eigenvalue weighted by Crippen LogP contribution is -2.40. The molecule has 2 rings (SSSR count). The number of carbonyl (C=O) groups excluding carboxylic acids is 1. The molecule has 1 aromatic rings. The third kappa shape index (κ3) is 3.93. The van der Waals surface area contributed by atoms with Gasteiger partial charge in [0.1, 0.15) is 0 Å². The van der Waals surface area contributed by atoms with E-state index in [0.717, 1.165) is 27.6 Å². The summed E-state index contributed by atoms with van der Waals surface area (Å²) in [5.74, 6) is 0.00842. The molecule has 0 saturated carbocycles. The quantitative estimate of drug-likeness (QED) is 0.719. The molecule has 3 nitrogen and oxygen atoms in total. The van der Waals surface area contributed by atoms with Crippen molar-refractivity contribution < 1.29 is 4.79 Å². The summed E-state index contributed by atoms with van der Waals surface area (Å²) in [7, 11) is 0. The molecule has 1 aromatic carbocycles.